The normalized spacial score (nSPS) is 29.6. The summed E-state index contributed by atoms with van der Waals surface area (Å²) in [6.45, 7) is 4.54. The molecule has 1 aromatic rings. The van der Waals surface area contributed by atoms with Crippen LogP contribution in [0.1, 0.15) is 29.2 Å². The fourth-order valence-electron chi connectivity index (χ4n) is 3.34. The highest BCUT2D eigenvalue weighted by molar-refractivity contribution is 5.39. The van der Waals surface area contributed by atoms with Gasteiger partial charge in [-0.3, -0.25) is 4.90 Å². The summed E-state index contributed by atoms with van der Waals surface area (Å²) in [5.74, 6) is 0. The van der Waals surface area contributed by atoms with E-state index in [1.54, 1.807) is 11.1 Å². The first-order valence-corrected chi connectivity index (χ1v) is 6.29. The van der Waals surface area contributed by atoms with Crippen molar-refractivity contribution >= 4 is 0 Å². The summed E-state index contributed by atoms with van der Waals surface area (Å²) in [6.07, 6.45) is 2.52. The molecule has 1 aromatic carbocycles. The Balaban J connectivity index is 2.06. The highest BCUT2D eigenvalue weighted by Crippen LogP contribution is 2.36. The summed E-state index contributed by atoms with van der Waals surface area (Å²) < 4.78 is 0. The number of hydrogen-bond donors (Lipinski definition) is 1. The van der Waals surface area contributed by atoms with Gasteiger partial charge in [-0.2, -0.15) is 0 Å². The largest absolute Gasteiger partial charge is 0.311 e. The molecule has 0 amide bonds. The molecular formula is C14H20N2. The third kappa shape index (κ3) is 1.48. The van der Waals surface area contributed by atoms with E-state index >= 15 is 0 Å². The van der Waals surface area contributed by atoms with E-state index < -0.39 is 0 Å². The van der Waals surface area contributed by atoms with E-state index in [1.807, 2.05) is 0 Å². The van der Waals surface area contributed by atoms with Crippen LogP contribution in [-0.2, 0) is 6.42 Å². The highest BCUT2D eigenvalue weighted by Gasteiger charge is 2.34. The Kier molecular flexibility index (Phi) is 2.49. The van der Waals surface area contributed by atoms with Crippen LogP contribution in [0, 0.1) is 6.92 Å². The standard InChI is InChI=1S/C14H20N2/c1-10-4-3-5-12-11(10)6-7-13-14(12)16(2)9-8-15-13/h3-5,13-15H,6-9H2,1-2H3. The van der Waals surface area contributed by atoms with Gasteiger partial charge in [-0.1, -0.05) is 18.2 Å². The minimum atomic E-state index is 0.595. The van der Waals surface area contributed by atoms with E-state index in [0.717, 1.165) is 13.1 Å². The molecule has 0 bridgehead atoms. The smallest absolute Gasteiger partial charge is 0.0501 e. The molecule has 1 aliphatic heterocycles. The van der Waals surface area contributed by atoms with Crippen LogP contribution in [0.4, 0.5) is 0 Å². The number of nitrogens with one attached hydrogen (secondary N) is 1. The zero-order valence-electron chi connectivity index (χ0n) is 10.2. The number of rotatable bonds is 0. The Hall–Kier alpha value is -0.860. The molecule has 2 atom stereocenters. The number of benzene rings is 1. The van der Waals surface area contributed by atoms with Crippen molar-refractivity contribution in [2.24, 2.45) is 0 Å². The second-order valence-corrected chi connectivity index (χ2v) is 5.17. The van der Waals surface area contributed by atoms with Crippen LogP contribution in [0.15, 0.2) is 18.2 Å². The fraction of sp³-hybridized carbons (Fsp3) is 0.571. The number of fused-ring (bicyclic) bond motifs is 3. The first-order chi connectivity index (χ1) is 7.77. The van der Waals surface area contributed by atoms with Crippen LogP contribution >= 0.6 is 0 Å². The Morgan fingerprint density at radius 1 is 1.38 bits per heavy atom. The first-order valence-electron chi connectivity index (χ1n) is 6.29. The molecule has 2 heteroatoms. The summed E-state index contributed by atoms with van der Waals surface area (Å²) in [5.41, 5.74) is 4.63. The number of likely N-dealkylation sites (N-methyl/N-ethyl adjacent to an activating group) is 1. The van der Waals surface area contributed by atoms with E-state index in [1.165, 1.54) is 18.4 Å². The van der Waals surface area contributed by atoms with Gasteiger partial charge in [-0.05, 0) is 43.5 Å². The molecule has 1 saturated heterocycles. The molecule has 1 fully saturated rings. The Morgan fingerprint density at radius 2 is 2.25 bits per heavy atom. The lowest BCUT2D eigenvalue weighted by Crippen LogP contribution is -2.53. The van der Waals surface area contributed by atoms with Gasteiger partial charge in [0.05, 0.1) is 6.04 Å². The molecular weight excluding hydrogens is 196 g/mol. The summed E-state index contributed by atoms with van der Waals surface area (Å²) in [4.78, 5) is 2.51. The van der Waals surface area contributed by atoms with Gasteiger partial charge < -0.3 is 5.32 Å². The second kappa shape index (κ2) is 3.86. The van der Waals surface area contributed by atoms with Gasteiger partial charge in [0.2, 0.25) is 0 Å². The van der Waals surface area contributed by atoms with Crippen molar-refractivity contribution in [2.75, 3.05) is 20.1 Å². The minimum Gasteiger partial charge on any atom is -0.311 e. The quantitative estimate of drug-likeness (QED) is 0.712. The Bertz CT molecular complexity index is 400. The lowest BCUT2D eigenvalue weighted by Gasteiger charge is -2.44. The lowest BCUT2D eigenvalue weighted by molar-refractivity contribution is 0.137. The maximum absolute atomic E-state index is 3.67. The Labute approximate surface area is 97.6 Å². The molecule has 2 aliphatic rings. The van der Waals surface area contributed by atoms with Gasteiger partial charge >= 0.3 is 0 Å². The van der Waals surface area contributed by atoms with Crippen molar-refractivity contribution in [1.29, 1.82) is 0 Å². The van der Waals surface area contributed by atoms with Gasteiger partial charge in [0.25, 0.3) is 0 Å². The molecule has 0 aromatic heterocycles. The second-order valence-electron chi connectivity index (χ2n) is 5.17. The highest BCUT2D eigenvalue weighted by atomic mass is 15.2. The topological polar surface area (TPSA) is 15.3 Å². The molecule has 0 radical (unpaired) electrons. The third-order valence-electron chi connectivity index (χ3n) is 4.20. The predicted octanol–water partition coefficient (Wildman–Crippen LogP) is 1.89. The molecule has 0 saturated carbocycles. The van der Waals surface area contributed by atoms with E-state index in [-0.39, 0.29) is 0 Å². The summed E-state index contributed by atoms with van der Waals surface area (Å²) in [7, 11) is 2.26. The molecule has 1 aliphatic carbocycles. The van der Waals surface area contributed by atoms with Crippen molar-refractivity contribution in [1.82, 2.24) is 10.2 Å². The maximum Gasteiger partial charge on any atom is 0.0501 e. The van der Waals surface area contributed by atoms with Crippen LogP contribution in [0.5, 0.6) is 0 Å². The van der Waals surface area contributed by atoms with E-state index in [0.29, 0.717) is 12.1 Å². The maximum atomic E-state index is 3.67. The molecule has 1 heterocycles. The average molecular weight is 216 g/mol. The number of nitrogens with zero attached hydrogens (tertiary/aromatic N) is 1. The monoisotopic (exact) mass is 216 g/mol. The van der Waals surface area contributed by atoms with Crippen molar-refractivity contribution in [3.63, 3.8) is 0 Å². The van der Waals surface area contributed by atoms with Crippen molar-refractivity contribution in [2.45, 2.75) is 31.8 Å². The van der Waals surface area contributed by atoms with Gasteiger partial charge in [-0.15, -0.1) is 0 Å². The number of hydrogen-bond acceptors (Lipinski definition) is 2. The predicted molar refractivity (Wildman–Crippen MR) is 66.7 cm³/mol. The van der Waals surface area contributed by atoms with E-state index in [2.05, 4.69) is 42.4 Å². The molecule has 86 valence electrons. The van der Waals surface area contributed by atoms with Gasteiger partial charge in [-0.25, -0.2) is 0 Å². The van der Waals surface area contributed by atoms with Crippen LogP contribution in [0.3, 0.4) is 0 Å². The third-order valence-corrected chi connectivity index (χ3v) is 4.20. The van der Waals surface area contributed by atoms with Crippen LogP contribution in [-0.4, -0.2) is 31.1 Å². The van der Waals surface area contributed by atoms with Gasteiger partial charge in [0, 0.05) is 19.1 Å². The van der Waals surface area contributed by atoms with Crippen LogP contribution in [0.25, 0.3) is 0 Å². The van der Waals surface area contributed by atoms with Crippen LogP contribution < -0.4 is 5.32 Å². The SMILES string of the molecule is Cc1cccc2c1CCC1NCCN(C)C21. The summed E-state index contributed by atoms with van der Waals surface area (Å²) in [6, 6.07) is 8.03. The minimum absolute atomic E-state index is 0.595. The molecule has 1 N–H and O–H groups in total. The molecule has 2 unspecified atom stereocenters. The zero-order chi connectivity index (χ0) is 11.1. The molecule has 0 spiro atoms. The summed E-state index contributed by atoms with van der Waals surface area (Å²) >= 11 is 0. The van der Waals surface area contributed by atoms with Gasteiger partial charge in [0.1, 0.15) is 0 Å². The van der Waals surface area contributed by atoms with Crippen LogP contribution in [0.2, 0.25) is 0 Å². The van der Waals surface area contributed by atoms with Crippen molar-refractivity contribution in [3.05, 3.63) is 34.9 Å². The molecule has 2 nitrogen and oxygen atoms in total. The average Bonchev–Trinajstić information content (AvgIpc) is 2.29. The lowest BCUT2D eigenvalue weighted by atomic mass is 9.80. The first kappa shape index (κ1) is 10.3. The fourth-order valence-corrected chi connectivity index (χ4v) is 3.34. The van der Waals surface area contributed by atoms with E-state index in [9.17, 15) is 0 Å². The zero-order valence-corrected chi connectivity index (χ0v) is 10.2. The molecule has 16 heavy (non-hydrogen) atoms. The van der Waals surface area contributed by atoms with E-state index in [4.69, 9.17) is 0 Å². The molecule has 3 rings (SSSR count). The van der Waals surface area contributed by atoms with Crippen molar-refractivity contribution in [3.8, 4) is 0 Å². The number of piperazine rings is 1. The van der Waals surface area contributed by atoms with Crippen molar-refractivity contribution < 1.29 is 0 Å². The number of aryl methyl sites for hydroxylation is 1. The Morgan fingerprint density at radius 3 is 3.12 bits per heavy atom. The summed E-state index contributed by atoms with van der Waals surface area (Å²) in [5, 5.41) is 3.67. The van der Waals surface area contributed by atoms with Gasteiger partial charge in [0.15, 0.2) is 0 Å².